The Morgan fingerprint density at radius 3 is 2.61 bits per heavy atom. The van der Waals surface area contributed by atoms with Crippen LogP contribution in [-0.4, -0.2) is 12.1 Å². The molecule has 0 aliphatic rings. The molecule has 3 N–H and O–H groups in total. The molecule has 0 radical (unpaired) electrons. The standard InChI is InChI=1S/C14H17N3O/c1-18-13-6-4-12(5-7-13)14(17-15)9-11-3-2-8-16-10-11/h2-8,10,14,17H,9,15H2,1H3. The second kappa shape index (κ2) is 6.14. The zero-order valence-electron chi connectivity index (χ0n) is 10.3. The fraction of sp³-hybridized carbons (Fsp3) is 0.214. The van der Waals surface area contributed by atoms with Gasteiger partial charge >= 0.3 is 0 Å². The maximum absolute atomic E-state index is 5.62. The Hall–Kier alpha value is -1.91. The number of ether oxygens (including phenoxy) is 1. The summed E-state index contributed by atoms with van der Waals surface area (Å²) in [5.74, 6) is 6.46. The highest BCUT2D eigenvalue weighted by atomic mass is 16.5. The van der Waals surface area contributed by atoms with Crippen LogP contribution in [-0.2, 0) is 6.42 Å². The van der Waals surface area contributed by atoms with Gasteiger partial charge in [-0.05, 0) is 35.7 Å². The van der Waals surface area contributed by atoms with Gasteiger partial charge in [-0.15, -0.1) is 0 Å². The molecule has 4 heteroatoms. The minimum absolute atomic E-state index is 0.0695. The highest BCUT2D eigenvalue weighted by molar-refractivity contribution is 5.30. The van der Waals surface area contributed by atoms with Crippen molar-refractivity contribution in [2.75, 3.05) is 7.11 Å². The van der Waals surface area contributed by atoms with Gasteiger partial charge in [-0.25, -0.2) is 0 Å². The van der Waals surface area contributed by atoms with Gasteiger partial charge in [0.05, 0.1) is 13.2 Å². The van der Waals surface area contributed by atoms with Gasteiger partial charge in [0.1, 0.15) is 5.75 Å². The van der Waals surface area contributed by atoms with Crippen molar-refractivity contribution in [1.29, 1.82) is 0 Å². The van der Waals surface area contributed by atoms with Crippen LogP contribution in [0.5, 0.6) is 5.75 Å². The third-order valence-corrected chi connectivity index (χ3v) is 2.88. The van der Waals surface area contributed by atoms with Crippen molar-refractivity contribution in [3.8, 4) is 5.75 Å². The Morgan fingerprint density at radius 1 is 1.28 bits per heavy atom. The minimum Gasteiger partial charge on any atom is -0.497 e. The van der Waals surface area contributed by atoms with E-state index in [1.165, 1.54) is 0 Å². The predicted octanol–water partition coefficient (Wildman–Crippen LogP) is 1.84. The molecule has 18 heavy (non-hydrogen) atoms. The van der Waals surface area contributed by atoms with Crippen molar-refractivity contribution in [2.24, 2.45) is 5.84 Å². The summed E-state index contributed by atoms with van der Waals surface area (Å²) in [4.78, 5) is 4.10. The number of rotatable bonds is 5. The van der Waals surface area contributed by atoms with Crippen molar-refractivity contribution in [2.45, 2.75) is 12.5 Å². The number of pyridine rings is 1. The van der Waals surface area contributed by atoms with Crippen molar-refractivity contribution in [3.63, 3.8) is 0 Å². The largest absolute Gasteiger partial charge is 0.497 e. The topological polar surface area (TPSA) is 60.2 Å². The van der Waals surface area contributed by atoms with E-state index in [4.69, 9.17) is 10.6 Å². The summed E-state index contributed by atoms with van der Waals surface area (Å²) in [6.45, 7) is 0. The summed E-state index contributed by atoms with van der Waals surface area (Å²) < 4.78 is 5.14. The van der Waals surface area contributed by atoms with Crippen molar-refractivity contribution in [1.82, 2.24) is 10.4 Å². The van der Waals surface area contributed by atoms with Gasteiger partial charge in [0, 0.05) is 12.4 Å². The Labute approximate surface area is 107 Å². The van der Waals surface area contributed by atoms with Gasteiger partial charge in [0.15, 0.2) is 0 Å². The third-order valence-electron chi connectivity index (χ3n) is 2.88. The molecule has 1 aromatic carbocycles. The highest BCUT2D eigenvalue weighted by Gasteiger charge is 2.10. The first-order chi connectivity index (χ1) is 8.83. The summed E-state index contributed by atoms with van der Waals surface area (Å²) in [6, 6.07) is 11.9. The summed E-state index contributed by atoms with van der Waals surface area (Å²) in [7, 11) is 1.66. The molecule has 1 unspecified atom stereocenters. The van der Waals surface area contributed by atoms with Crippen LogP contribution in [0.3, 0.4) is 0 Å². The van der Waals surface area contributed by atoms with E-state index in [-0.39, 0.29) is 6.04 Å². The van der Waals surface area contributed by atoms with E-state index in [9.17, 15) is 0 Å². The summed E-state index contributed by atoms with van der Waals surface area (Å²) in [5.41, 5.74) is 5.11. The van der Waals surface area contributed by atoms with Crippen molar-refractivity contribution >= 4 is 0 Å². The van der Waals surface area contributed by atoms with E-state index in [1.54, 1.807) is 13.3 Å². The molecule has 0 saturated carbocycles. The number of nitrogens with zero attached hydrogens (tertiary/aromatic N) is 1. The molecule has 0 spiro atoms. The molecule has 0 aliphatic heterocycles. The molecule has 0 amide bonds. The lowest BCUT2D eigenvalue weighted by molar-refractivity contribution is 0.414. The molecule has 0 saturated heterocycles. The zero-order valence-corrected chi connectivity index (χ0v) is 10.3. The first-order valence-electron chi connectivity index (χ1n) is 5.82. The lowest BCUT2D eigenvalue weighted by Gasteiger charge is -2.16. The summed E-state index contributed by atoms with van der Waals surface area (Å²) in [6.07, 6.45) is 4.42. The number of benzene rings is 1. The van der Waals surface area contributed by atoms with Crippen LogP contribution in [0, 0.1) is 0 Å². The zero-order chi connectivity index (χ0) is 12.8. The number of nitrogens with one attached hydrogen (secondary N) is 1. The third kappa shape index (κ3) is 3.06. The lowest BCUT2D eigenvalue weighted by atomic mass is 10.0. The minimum atomic E-state index is 0.0695. The van der Waals surface area contributed by atoms with Crippen LogP contribution >= 0.6 is 0 Å². The maximum Gasteiger partial charge on any atom is 0.118 e. The fourth-order valence-corrected chi connectivity index (χ4v) is 1.86. The molecule has 0 bridgehead atoms. The molecule has 94 valence electrons. The van der Waals surface area contributed by atoms with E-state index in [0.29, 0.717) is 0 Å². The van der Waals surface area contributed by atoms with E-state index in [0.717, 1.165) is 23.3 Å². The van der Waals surface area contributed by atoms with E-state index in [2.05, 4.69) is 10.4 Å². The fourth-order valence-electron chi connectivity index (χ4n) is 1.86. The van der Waals surface area contributed by atoms with Crippen molar-refractivity contribution < 1.29 is 4.74 Å². The van der Waals surface area contributed by atoms with Gasteiger partial charge in [-0.2, -0.15) is 0 Å². The molecule has 1 heterocycles. The smallest absolute Gasteiger partial charge is 0.118 e. The van der Waals surface area contributed by atoms with E-state index in [1.807, 2.05) is 42.6 Å². The average molecular weight is 243 g/mol. The van der Waals surface area contributed by atoms with Crippen LogP contribution in [0.1, 0.15) is 17.2 Å². The monoisotopic (exact) mass is 243 g/mol. The molecular formula is C14H17N3O. The van der Waals surface area contributed by atoms with Gasteiger partial charge in [-0.1, -0.05) is 18.2 Å². The quantitative estimate of drug-likeness (QED) is 0.621. The van der Waals surface area contributed by atoms with Gasteiger partial charge in [0.25, 0.3) is 0 Å². The number of aromatic nitrogens is 1. The molecule has 0 aliphatic carbocycles. The normalized spacial score (nSPS) is 12.1. The van der Waals surface area contributed by atoms with Gasteiger partial charge in [-0.3, -0.25) is 16.3 Å². The van der Waals surface area contributed by atoms with Crippen LogP contribution < -0.4 is 16.0 Å². The van der Waals surface area contributed by atoms with E-state index >= 15 is 0 Å². The SMILES string of the molecule is COc1ccc(C(Cc2cccnc2)NN)cc1. The number of nitrogens with two attached hydrogens (primary N) is 1. The first kappa shape index (κ1) is 12.5. The molecule has 1 aromatic heterocycles. The van der Waals surface area contributed by atoms with Crippen LogP contribution in [0.15, 0.2) is 48.8 Å². The predicted molar refractivity (Wildman–Crippen MR) is 71.0 cm³/mol. The Bertz CT molecular complexity index is 470. The van der Waals surface area contributed by atoms with Gasteiger partial charge < -0.3 is 4.74 Å². The number of methoxy groups -OCH3 is 1. The van der Waals surface area contributed by atoms with Crippen LogP contribution in [0.2, 0.25) is 0 Å². The number of hydrazine groups is 1. The number of hydrogen-bond donors (Lipinski definition) is 2. The van der Waals surface area contributed by atoms with E-state index < -0.39 is 0 Å². The molecule has 1 atom stereocenters. The summed E-state index contributed by atoms with van der Waals surface area (Å²) >= 11 is 0. The Morgan fingerprint density at radius 2 is 2.06 bits per heavy atom. The molecule has 2 aromatic rings. The maximum atomic E-state index is 5.62. The Kier molecular flexibility index (Phi) is 4.28. The highest BCUT2D eigenvalue weighted by Crippen LogP contribution is 2.20. The van der Waals surface area contributed by atoms with Crippen LogP contribution in [0.4, 0.5) is 0 Å². The lowest BCUT2D eigenvalue weighted by Crippen LogP contribution is -2.29. The summed E-state index contributed by atoms with van der Waals surface area (Å²) in [5, 5.41) is 0. The second-order valence-corrected chi connectivity index (χ2v) is 4.06. The van der Waals surface area contributed by atoms with Crippen LogP contribution in [0.25, 0.3) is 0 Å². The van der Waals surface area contributed by atoms with Crippen molar-refractivity contribution in [3.05, 3.63) is 59.9 Å². The molecular weight excluding hydrogens is 226 g/mol. The molecule has 0 fully saturated rings. The first-order valence-corrected chi connectivity index (χ1v) is 5.82. The van der Waals surface area contributed by atoms with Gasteiger partial charge in [0.2, 0.25) is 0 Å². The average Bonchev–Trinajstić information content (AvgIpc) is 2.46. The molecule has 4 nitrogen and oxygen atoms in total. The second-order valence-electron chi connectivity index (χ2n) is 4.06. The Balaban J connectivity index is 2.12. The number of hydrogen-bond acceptors (Lipinski definition) is 4. The molecule has 2 rings (SSSR count).